The number of benzene rings is 1. The average molecular weight is 260 g/mol. The van der Waals surface area contributed by atoms with E-state index in [-0.39, 0.29) is 0 Å². The Bertz CT molecular complexity index is 583. The van der Waals surface area contributed by atoms with Crippen molar-refractivity contribution in [2.45, 2.75) is 13.0 Å². The van der Waals surface area contributed by atoms with Gasteiger partial charge in [-0.3, -0.25) is 0 Å². The number of nitrogen functional groups attached to an aromatic ring is 1. The van der Waals surface area contributed by atoms with Crippen LogP contribution in [0.2, 0.25) is 5.02 Å². The molecule has 0 unspecified atom stereocenters. The molecule has 92 valence electrons. The SMILES string of the molecule is Nc1cccc2c1CN(c1ncccc1Cl)CC2. The Kier molecular flexibility index (Phi) is 2.84. The second kappa shape index (κ2) is 4.50. The number of nitrogens with two attached hydrogens (primary N) is 1. The Morgan fingerprint density at radius 1 is 1.22 bits per heavy atom. The van der Waals surface area contributed by atoms with Crippen LogP contribution in [0.5, 0.6) is 0 Å². The highest BCUT2D eigenvalue weighted by Crippen LogP contribution is 2.30. The minimum absolute atomic E-state index is 0.690. The molecule has 4 heteroatoms. The molecular weight excluding hydrogens is 246 g/mol. The van der Waals surface area contributed by atoms with Crippen LogP contribution in [0.15, 0.2) is 36.5 Å². The number of fused-ring (bicyclic) bond motifs is 1. The largest absolute Gasteiger partial charge is 0.398 e. The molecule has 1 aromatic heterocycles. The first-order valence-electron chi connectivity index (χ1n) is 5.97. The van der Waals surface area contributed by atoms with Gasteiger partial charge in [0.1, 0.15) is 5.82 Å². The number of pyridine rings is 1. The predicted octanol–water partition coefficient (Wildman–Crippen LogP) is 2.88. The lowest BCUT2D eigenvalue weighted by atomic mass is 9.98. The lowest BCUT2D eigenvalue weighted by molar-refractivity contribution is 0.723. The molecule has 0 aliphatic carbocycles. The summed E-state index contributed by atoms with van der Waals surface area (Å²) in [4.78, 5) is 6.54. The number of rotatable bonds is 1. The summed E-state index contributed by atoms with van der Waals surface area (Å²) in [5.41, 5.74) is 9.42. The molecular formula is C14H14ClN3. The van der Waals surface area contributed by atoms with Crippen LogP contribution >= 0.6 is 11.6 Å². The highest BCUT2D eigenvalue weighted by Gasteiger charge is 2.20. The van der Waals surface area contributed by atoms with Gasteiger partial charge in [0.2, 0.25) is 0 Å². The van der Waals surface area contributed by atoms with Gasteiger partial charge >= 0.3 is 0 Å². The summed E-state index contributed by atoms with van der Waals surface area (Å²) < 4.78 is 0. The van der Waals surface area contributed by atoms with Crippen LogP contribution in [0, 0.1) is 0 Å². The summed E-state index contributed by atoms with van der Waals surface area (Å²) in [6.45, 7) is 1.70. The van der Waals surface area contributed by atoms with Gasteiger partial charge in [-0.25, -0.2) is 4.98 Å². The second-order valence-corrected chi connectivity index (χ2v) is 4.87. The minimum Gasteiger partial charge on any atom is -0.398 e. The number of anilines is 2. The number of hydrogen-bond acceptors (Lipinski definition) is 3. The summed E-state index contributed by atoms with van der Waals surface area (Å²) >= 11 is 6.19. The Balaban J connectivity index is 1.96. The maximum atomic E-state index is 6.19. The van der Waals surface area contributed by atoms with Crippen LogP contribution in [-0.4, -0.2) is 11.5 Å². The summed E-state index contributed by atoms with van der Waals surface area (Å²) in [5.74, 6) is 0.841. The van der Waals surface area contributed by atoms with E-state index in [1.54, 1.807) is 6.20 Å². The highest BCUT2D eigenvalue weighted by molar-refractivity contribution is 6.32. The molecule has 1 aromatic carbocycles. The summed E-state index contributed by atoms with van der Waals surface area (Å²) in [5, 5.41) is 0.690. The molecule has 0 fully saturated rings. The number of halogens is 1. The third kappa shape index (κ3) is 1.91. The first-order valence-corrected chi connectivity index (χ1v) is 6.35. The molecule has 0 saturated heterocycles. The first-order chi connectivity index (χ1) is 8.75. The van der Waals surface area contributed by atoms with Gasteiger partial charge in [-0.05, 0) is 35.7 Å². The topological polar surface area (TPSA) is 42.1 Å². The van der Waals surface area contributed by atoms with E-state index in [4.69, 9.17) is 17.3 Å². The van der Waals surface area contributed by atoms with Gasteiger partial charge in [-0.1, -0.05) is 23.7 Å². The summed E-state index contributed by atoms with van der Waals surface area (Å²) in [7, 11) is 0. The Hall–Kier alpha value is -1.74. The fourth-order valence-corrected chi connectivity index (χ4v) is 2.64. The quantitative estimate of drug-likeness (QED) is 0.801. The third-order valence-electron chi connectivity index (χ3n) is 3.35. The van der Waals surface area contributed by atoms with Crippen molar-refractivity contribution in [3.8, 4) is 0 Å². The van der Waals surface area contributed by atoms with E-state index >= 15 is 0 Å². The summed E-state index contributed by atoms with van der Waals surface area (Å²) in [6.07, 6.45) is 2.75. The van der Waals surface area contributed by atoms with Gasteiger partial charge in [-0.15, -0.1) is 0 Å². The van der Waals surface area contributed by atoms with Crippen molar-refractivity contribution < 1.29 is 0 Å². The van der Waals surface area contributed by atoms with Gasteiger partial charge in [0.25, 0.3) is 0 Å². The molecule has 2 N–H and O–H groups in total. The predicted molar refractivity (Wildman–Crippen MR) is 74.9 cm³/mol. The lowest BCUT2D eigenvalue weighted by Crippen LogP contribution is -2.31. The Morgan fingerprint density at radius 2 is 2.11 bits per heavy atom. The van der Waals surface area contributed by atoms with E-state index in [1.807, 2.05) is 24.3 Å². The standard InChI is InChI=1S/C14H14ClN3/c15-12-4-2-7-17-14(12)18-8-6-10-3-1-5-13(16)11(10)9-18/h1-5,7H,6,8-9,16H2. The fourth-order valence-electron chi connectivity index (χ4n) is 2.40. The monoisotopic (exact) mass is 259 g/mol. The van der Waals surface area contributed by atoms with Crippen molar-refractivity contribution in [1.29, 1.82) is 0 Å². The van der Waals surface area contributed by atoms with Crippen molar-refractivity contribution >= 4 is 23.1 Å². The zero-order valence-corrected chi connectivity index (χ0v) is 10.7. The molecule has 0 radical (unpaired) electrons. The molecule has 2 aromatic rings. The van der Waals surface area contributed by atoms with Gasteiger partial charge in [0.05, 0.1) is 5.02 Å². The molecule has 1 aliphatic rings. The Labute approximate surface area is 111 Å². The number of hydrogen-bond donors (Lipinski definition) is 1. The van der Waals surface area contributed by atoms with E-state index in [0.29, 0.717) is 5.02 Å². The van der Waals surface area contributed by atoms with Crippen molar-refractivity contribution in [1.82, 2.24) is 4.98 Å². The Morgan fingerprint density at radius 3 is 2.94 bits per heavy atom. The van der Waals surface area contributed by atoms with Gasteiger partial charge < -0.3 is 10.6 Å². The van der Waals surface area contributed by atoms with Gasteiger partial charge in [0.15, 0.2) is 0 Å². The minimum atomic E-state index is 0.690. The molecule has 3 nitrogen and oxygen atoms in total. The van der Waals surface area contributed by atoms with Crippen LogP contribution in [0.3, 0.4) is 0 Å². The second-order valence-electron chi connectivity index (χ2n) is 4.47. The van der Waals surface area contributed by atoms with Crippen molar-refractivity contribution in [3.05, 3.63) is 52.7 Å². The number of nitrogens with zero attached hydrogens (tertiary/aromatic N) is 2. The molecule has 18 heavy (non-hydrogen) atoms. The lowest BCUT2D eigenvalue weighted by Gasteiger charge is -2.31. The van der Waals surface area contributed by atoms with E-state index in [0.717, 1.165) is 31.0 Å². The van der Waals surface area contributed by atoms with Crippen molar-refractivity contribution in [2.75, 3.05) is 17.2 Å². The normalized spacial score (nSPS) is 14.4. The molecule has 0 atom stereocenters. The van der Waals surface area contributed by atoms with Gasteiger partial charge in [-0.2, -0.15) is 0 Å². The van der Waals surface area contributed by atoms with Crippen LogP contribution < -0.4 is 10.6 Å². The smallest absolute Gasteiger partial charge is 0.147 e. The fraction of sp³-hybridized carbons (Fsp3) is 0.214. The molecule has 0 saturated carbocycles. The maximum absolute atomic E-state index is 6.19. The average Bonchev–Trinajstić information content (AvgIpc) is 2.40. The van der Waals surface area contributed by atoms with Crippen molar-refractivity contribution in [3.63, 3.8) is 0 Å². The zero-order chi connectivity index (χ0) is 12.5. The van der Waals surface area contributed by atoms with Gasteiger partial charge in [0, 0.05) is 25.0 Å². The molecule has 2 heterocycles. The molecule has 3 rings (SSSR count). The zero-order valence-electron chi connectivity index (χ0n) is 9.94. The molecule has 1 aliphatic heterocycles. The maximum Gasteiger partial charge on any atom is 0.147 e. The van der Waals surface area contributed by atoms with E-state index in [1.165, 1.54) is 11.1 Å². The van der Waals surface area contributed by atoms with Crippen LogP contribution in [-0.2, 0) is 13.0 Å². The van der Waals surface area contributed by atoms with Crippen LogP contribution in [0.25, 0.3) is 0 Å². The van der Waals surface area contributed by atoms with E-state index < -0.39 is 0 Å². The molecule has 0 spiro atoms. The van der Waals surface area contributed by atoms with Crippen LogP contribution in [0.1, 0.15) is 11.1 Å². The van der Waals surface area contributed by atoms with E-state index in [9.17, 15) is 0 Å². The van der Waals surface area contributed by atoms with Crippen molar-refractivity contribution in [2.24, 2.45) is 0 Å². The third-order valence-corrected chi connectivity index (χ3v) is 3.64. The highest BCUT2D eigenvalue weighted by atomic mass is 35.5. The summed E-state index contributed by atoms with van der Waals surface area (Å²) in [6, 6.07) is 9.81. The molecule has 0 bridgehead atoms. The van der Waals surface area contributed by atoms with E-state index in [2.05, 4.69) is 16.0 Å². The first kappa shape index (κ1) is 11.4. The number of aromatic nitrogens is 1. The van der Waals surface area contributed by atoms with Crippen LogP contribution in [0.4, 0.5) is 11.5 Å². The molecule has 0 amide bonds.